The molecule has 3 aromatic rings. The highest BCUT2D eigenvalue weighted by Crippen LogP contribution is 2.25. The first-order valence-electron chi connectivity index (χ1n) is 6.76. The number of para-hydroxylation sites is 1. The molecular weight excluding hydrogens is 270 g/mol. The van der Waals surface area contributed by atoms with E-state index in [1.165, 1.54) is 0 Å². The molecule has 21 heavy (non-hydrogen) atoms. The zero-order valence-corrected chi connectivity index (χ0v) is 11.2. The first-order valence-corrected chi connectivity index (χ1v) is 6.76. The van der Waals surface area contributed by atoms with Crippen molar-refractivity contribution in [3.8, 4) is 11.5 Å². The van der Waals surface area contributed by atoms with E-state index < -0.39 is 0 Å². The third-order valence-corrected chi connectivity index (χ3v) is 3.40. The van der Waals surface area contributed by atoms with Crippen molar-refractivity contribution in [2.24, 2.45) is 0 Å². The van der Waals surface area contributed by atoms with E-state index in [-0.39, 0.29) is 6.04 Å². The van der Waals surface area contributed by atoms with Crippen molar-refractivity contribution in [2.75, 3.05) is 19.8 Å². The summed E-state index contributed by atoms with van der Waals surface area (Å²) in [6.07, 6.45) is 3.31. The first kappa shape index (κ1) is 12.4. The number of rotatable bonds is 2. The smallest absolute Gasteiger partial charge is 0.260 e. The average molecular weight is 283 g/mol. The number of morpholine rings is 1. The summed E-state index contributed by atoms with van der Waals surface area (Å²) in [6.45, 7) is 2.04. The minimum atomic E-state index is -0.0303. The summed E-state index contributed by atoms with van der Waals surface area (Å²) in [5.74, 6) is 1.05. The molecule has 0 aliphatic carbocycles. The van der Waals surface area contributed by atoms with Gasteiger partial charge in [-0.15, -0.1) is 0 Å². The topological polar surface area (TPSA) is 86.0 Å². The van der Waals surface area contributed by atoms with Gasteiger partial charge in [-0.05, 0) is 12.1 Å². The number of hydrogen-bond acceptors (Lipinski definition) is 7. The molecule has 106 valence electrons. The minimum Gasteiger partial charge on any atom is -0.378 e. The van der Waals surface area contributed by atoms with Crippen LogP contribution < -0.4 is 5.32 Å². The van der Waals surface area contributed by atoms with Crippen molar-refractivity contribution in [3.63, 3.8) is 0 Å². The van der Waals surface area contributed by atoms with Crippen molar-refractivity contribution in [2.45, 2.75) is 6.04 Å². The first-order chi connectivity index (χ1) is 10.4. The van der Waals surface area contributed by atoms with Crippen LogP contribution in [0.3, 0.4) is 0 Å². The van der Waals surface area contributed by atoms with Gasteiger partial charge in [-0.1, -0.05) is 11.2 Å². The molecule has 1 aromatic carbocycles. The summed E-state index contributed by atoms with van der Waals surface area (Å²) in [6, 6.07) is 5.68. The molecule has 0 radical (unpaired) electrons. The Kier molecular flexibility index (Phi) is 3.06. The van der Waals surface area contributed by atoms with Gasteiger partial charge in [0.25, 0.3) is 5.89 Å². The second-order valence-electron chi connectivity index (χ2n) is 4.77. The summed E-state index contributed by atoms with van der Waals surface area (Å²) in [4.78, 5) is 13.1. The van der Waals surface area contributed by atoms with Crippen LogP contribution >= 0.6 is 0 Å². The Morgan fingerprint density at radius 3 is 3.05 bits per heavy atom. The van der Waals surface area contributed by atoms with Gasteiger partial charge in [0.05, 0.1) is 30.3 Å². The van der Waals surface area contributed by atoms with E-state index in [0.717, 1.165) is 23.1 Å². The van der Waals surface area contributed by atoms with E-state index >= 15 is 0 Å². The monoisotopic (exact) mass is 283 g/mol. The van der Waals surface area contributed by atoms with E-state index in [2.05, 4.69) is 25.4 Å². The maximum atomic E-state index is 5.42. The Morgan fingerprint density at radius 2 is 2.14 bits per heavy atom. The molecule has 1 unspecified atom stereocenters. The molecule has 3 heterocycles. The molecule has 1 aliphatic rings. The summed E-state index contributed by atoms with van der Waals surface area (Å²) >= 11 is 0. The van der Waals surface area contributed by atoms with Gasteiger partial charge in [-0.2, -0.15) is 4.98 Å². The second-order valence-corrected chi connectivity index (χ2v) is 4.77. The highest BCUT2D eigenvalue weighted by molar-refractivity contribution is 5.88. The SMILES string of the molecule is c1cc(-c2nc(C3COCCN3)no2)c2nccnc2c1. The second kappa shape index (κ2) is 5.19. The summed E-state index contributed by atoms with van der Waals surface area (Å²) < 4.78 is 10.8. The number of aromatic nitrogens is 4. The van der Waals surface area contributed by atoms with Crippen LogP contribution in [0.4, 0.5) is 0 Å². The standard InChI is InChI=1S/C14H13N5O2/c1-2-9(12-10(3-1)15-4-5-17-12)14-18-13(19-21-14)11-8-20-7-6-16-11/h1-5,11,16H,6-8H2. The van der Waals surface area contributed by atoms with E-state index in [4.69, 9.17) is 9.26 Å². The molecule has 1 atom stereocenters. The lowest BCUT2D eigenvalue weighted by molar-refractivity contribution is 0.0734. The fraction of sp³-hybridized carbons (Fsp3) is 0.286. The summed E-state index contributed by atoms with van der Waals surface area (Å²) in [5, 5.41) is 7.35. The highest BCUT2D eigenvalue weighted by Gasteiger charge is 2.22. The van der Waals surface area contributed by atoms with E-state index in [0.29, 0.717) is 24.9 Å². The zero-order chi connectivity index (χ0) is 14.1. The normalized spacial score (nSPS) is 19.0. The third kappa shape index (κ3) is 2.26. The lowest BCUT2D eigenvalue weighted by Gasteiger charge is -2.20. The van der Waals surface area contributed by atoms with Gasteiger partial charge in [-0.3, -0.25) is 9.97 Å². The quantitative estimate of drug-likeness (QED) is 0.759. The molecule has 2 aromatic heterocycles. The lowest BCUT2D eigenvalue weighted by atomic mass is 10.1. The summed E-state index contributed by atoms with van der Waals surface area (Å²) in [7, 11) is 0. The number of nitrogens with one attached hydrogen (secondary N) is 1. The van der Waals surface area contributed by atoms with Crippen LogP contribution in [0.15, 0.2) is 35.1 Å². The van der Waals surface area contributed by atoms with Gasteiger partial charge < -0.3 is 14.6 Å². The summed E-state index contributed by atoms with van der Waals surface area (Å²) in [5.41, 5.74) is 2.34. The number of ether oxygens (including phenoxy) is 1. The molecule has 0 saturated carbocycles. The lowest BCUT2D eigenvalue weighted by Crippen LogP contribution is -2.35. The molecule has 4 rings (SSSR count). The van der Waals surface area contributed by atoms with Crippen LogP contribution in [-0.2, 0) is 4.74 Å². The molecule has 7 nitrogen and oxygen atoms in total. The zero-order valence-electron chi connectivity index (χ0n) is 11.2. The molecule has 1 aliphatic heterocycles. The Labute approximate surface area is 120 Å². The molecule has 0 spiro atoms. The molecule has 1 fully saturated rings. The van der Waals surface area contributed by atoms with Crippen LogP contribution in [0.2, 0.25) is 0 Å². The van der Waals surface area contributed by atoms with Gasteiger partial charge in [0, 0.05) is 18.9 Å². The van der Waals surface area contributed by atoms with Gasteiger partial charge >= 0.3 is 0 Å². The fourth-order valence-corrected chi connectivity index (χ4v) is 2.38. The van der Waals surface area contributed by atoms with Gasteiger partial charge in [-0.25, -0.2) is 0 Å². The third-order valence-electron chi connectivity index (χ3n) is 3.40. The maximum absolute atomic E-state index is 5.42. The molecular formula is C14H13N5O2. The number of hydrogen-bond donors (Lipinski definition) is 1. The Bertz CT molecular complexity index is 761. The Hall–Kier alpha value is -2.38. The predicted molar refractivity (Wildman–Crippen MR) is 74.4 cm³/mol. The predicted octanol–water partition coefficient (Wildman–Crippen LogP) is 1.34. The van der Waals surface area contributed by atoms with Gasteiger partial charge in [0.15, 0.2) is 5.82 Å². The van der Waals surface area contributed by atoms with Crippen molar-refractivity contribution >= 4 is 11.0 Å². The largest absolute Gasteiger partial charge is 0.378 e. The molecule has 7 heteroatoms. The molecule has 0 amide bonds. The van der Waals surface area contributed by atoms with Crippen LogP contribution in [-0.4, -0.2) is 39.9 Å². The maximum Gasteiger partial charge on any atom is 0.260 e. The van der Waals surface area contributed by atoms with Crippen LogP contribution in [0.5, 0.6) is 0 Å². The van der Waals surface area contributed by atoms with Crippen LogP contribution in [0, 0.1) is 0 Å². The molecule has 1 N–H and O–H groups in total. The van der Waals surface area contributed by atoms with E-state index in [1.807, 2.05) is 18.2 Å². The Balaban J connectivity index is 1.74. The highest BCUT2D eigenvalue weighted by atomic mass is 16.5. The van der Waals surface area contributed by atoms with Gasteiger partial charge in [0.2, 0.25) is 0 Å². The average Bonchev–Trinajstić information content (AvgIpc) is 3.05. The van der Waals surface area contributed by atoms with Crippen molar-refractivity contribution in [1.82, 2.24) is 25.4 Å². The molecule has 0 bridgehead atoms. The van der Waals surface area contributed by atoms with Gasteiger partial charge in [0.1, 0.15) is 5.52 Å². The van der Waals surface area contributed by atoms with Crippen molar-refractivity contribution < 1.29 is 9.26 Å². The van der Waals surface area contributed by atoms with E-state index in [1.54, 1.807) is 12.4 Å². The Morgan fingerprint density at radius 1 is 1.19 bits per heavy atom. The van der Waals surface area contributed by atoms with Crippen molar-refractivity contribution in [1.29, 1.82) is 0 Å². The van der Waals surface area contributed by atoms with E-state index in [9.17, 15) is 0 Å². The van der Waals surface area contributed by atoms with Crippen molar-refractivity contribution in [3.05, 3.63) is 36.4 Å². The van der Waals surface area contributed by atoms with Crippen LogP contribution in [0.1, 0.15) is 11.9 Å². The fourth-order valence-electron chi connectivity index (χ4n) is 2.38. The number of nitrogens with zero attached hydrogens (tertiary/aromatic N) is 4. The molecule has 1 saturated heterocycles. The van der Waals surface area contributed by atoms with Crippen LogP contribution in [0.25, 0.3) is 22.5 Å². The number of fused-ring (bicyclic) bond motifs is 1. The minimum absolute atomic E-state index is 0.0303. The number of benzene rings is 1.